The molecular formula is C11H15N5O. The molecule has 2 rings (SSSR count). The van der Waals surface area contributed by atoms with Gasteiger partial charge in [0.15, 0.2) is 5.65 Å². The average Bonchev–Trinajstić information content (AvgIpc) is 2.51. The first-order valence-corrected chi connectivity index (χ1v) is 5.29. The molecule has 0 saturated carbocycles. The zero-order chi connectivity index (χ0) is 12.6. The van der Waals surface area contributed by atoms with E-state index in [4.69, 9.17) is 11.5 Å². The Balaban J connectivity index is 2.61. The maximum Gasteiger partial charge on any atom is 0.219 e. The largest absolute Gasteiger partial charge is 0.370 e. The normalized spacial score (nSPS) is 11.9. The van der Waals surface area contributed by atoms with Gasteiger partial charge in [-0.3, -0.25) is 9.36 Å². The van der Waals surface area contributed by atoms with Crippen LogP contribution in [0, 0.1) is 0 Å². The van der Waals surface area contributed by atoms with Crippen molar-refractivity contribution in [2.45, 2.75) is 25.8 Å². The molecule has 0 fully saturated rings. The fraction of sp³-hybridized carbons (Fsp3) is 0.364. The zero-order valence-corrected chi connectivity index (χ0v) is 9.84. The molecule has 1 amide bonds. The lowest BCUT2D eigenvalue weighted by atomic mass is 10.00. The molecule has 17 heavy (non-hydrogen) atoms. The number of hydrogen-bond donors (Lipinski definition) is 2. The van der Waals surface area contributed by atoms with Gasteiger partial charge in [-0.25, -0.2) is 9.97 Å². The Labute approximate surface area is 98.6 Å². The number of carbonyl (C=O) groups is 1. The summed E-state index contributed by atoms with van der Waals surface area (Å²) in [7, 11) is 0. The average molecular weight is 233 g/mol. The minimum Gasteiger partial charge on any atom is -0.370 e. The first-order chi connectivity index (χ1) is 7.92. The maximum atomic E-state index is 11.1. The Kier molecular flexibility index (Phi) is 2.49. The number of amides is 1. The lowest BCUT2D eigenvalue weighted by Gasteiger charge is -2.26. The summed E-state index contributed by atoms with van der Waals surface area (Å²) in [4.78, 5) is 19.5. The Bertz CT molecular complexity index is 572. The molecule has 0 unspecified atom stereocenters. The molecule has 0 aromatic carbocycles. The van der Waals surface area contributed by atoms with Crippen LogP contribution in [0.1, 0.15) is 20.3 Å². The van der Waals surface area contributed by atoms with Gasteiger partial charge in [-0.1, -0.05) is 0 Å². The van der Waals surface area contributed by atoms with E-state index in [0.717, 1.165) is 0 Å². The topological polar surface area (TPSA) is 99.8 Å². The van der Waals surface area contributed by atoms with E-state index in [1.165, 1.54) is 0 Å². The minimum absolute atomic E-state index is 0.180. The number of rotatable bonds is 3. The third-order valence-electron chi connectivity index (χ3n) is 2.65. The Morgan fingerprint density at radius 2 is 2.24 bits per heavy atom. The molecule has 0 radical (unpaired) electrons. The second-order valence-electron chi connectivity index (χ2n) is 4.61. The van der Waals surface area contributed by atoms with Crippen LogP contribution in [0.4, 0.5) is 5.95 Å². The van der Waals surface area contributed by atoms with Crippen molar-refractivity contribution in [3.8, 4) is 0 Å². The smallest absolute Gasteiger partial charge is 0.219 e. The number of hydrogen-bond acceptors (Lipinski definition) is 4. The molecule has 4 N–H and O–H groups in total. The summed E-state index contributed by atoms with van der Waals surface area (Å²) in [5.41, 5.74) is 12.0. The van der Waals surface area contributed by atoms with Gasteiger partial charge < -0.3 is 11.5 Å². The molecule has 0 saturated heterocycles. The van der Waals surface area contributed by atoms with Crippen LogP contribution in [-0.2, 0) is 10.3 Å². The fourth-order valence-corrected chi connectivity index (χ4v) is 2.03. The van der Waals surface area contributed by atoms with Crippen molar-refractivity contribution in [2.24, 2.45) is 5.73 Å². The molecule has 6 heteroatoms. The molecule has 0 aliphatic carbocycles. The van der Waals surface area contributed by atoms with Gasteiger partial charge in [-0.2, -0.15) is 0 Å². The molecule has 6 nitrogen and oxygen atoms in total. The Morgan fingerprint density at radius 3 is 2.88 bits per heavy atom. The number of imidazole rings is 1. The van der Waals surface area contributed by atoms with Crippen molar-refractivity contribution in [1.82, 2.24) is 14.5 Å². The van der Waals surface area contributed by atoms with Gasteiger partial charge in [0.2, 0.25) is 11.9 Å². The monoisotopic (exact) mass is 233 g/mol. The maximum absolute atomic E-state index is 11.1. The molecule has 2 aromatic heterocycles. The highest BCUT2D eigenvalue weighted by atomic mass is 16.1. The number of anilines is 1. The van der Waals surface area contributed by atoms with Crippen LogP contribution in [0.3, 0.4) is 0 Å². The predicted octanol–water partition coefficient (Wildman–Crippen LogP) is 0.624. The van der Waals surface area contributed by atoms with Crippen LogP contribution in [-0.4, -0.2) is 20.4 Å². The number of primary amides is 1. The van der Waals surface area contributed by atoms with Crippen LogP contribution in [0.2, 0.25) is 0 Å². The molecule has 0 atom stereocenters. The van der Waals surface area contributed by atoms with Gasteiger partial charge in [0, 0.05) is 12.6 Å². The summed E-state index contributed by atoms with van der Waals surface area (Å²) >= 11 is 0. The van der Waals surface area contributed by atoms with E-state index in [1.54, 1.807) is 16.8 Å². The van der Waals surface area contributed by atoms with Crippen molar-refractivity contribution in [3.63, 3.8) is 0 Å². The highest BCUT2D eigenvalue weighted by Crippen LogP contribution is 2.27. The van der Waals surface area contributed by atoms with Crippen molar-refractivity contribution in [3.05, 3.63) is 18.3 Å². The number of nitrogens with two attached hydrogens (primary N) is 2. The van der Waals surface area contributed by atoms with E-state index in [-0.39, 0.29) is 12.3 Å². The number of fused-ring (bicyclic) bond motifs is 1. The predicted molar refractivity (Wildman–Crippen MR) is 65.1 cm³/mol. The van der Waals surface area contributed by atoms with Gasteiger partial charge in [-0.15, -0.1) is 0 Å². The number of nitrogens with zero attached hydrogens (tertiary/aromatic N) is 3. The summed E-state index contributed by atoms with van der Waals surface area (Å²) < 4.78 is 1.74. The van der Waals surface area contributed by atoms with E-state index in [2.05, 4.69) is 9.97 Å². The lowest BCUT2D eigenvalue weighted by Crippen LogP contribution is -2.33. The molecule has 2 aromatic rings. The standard InChI is InChI=1S/C11H15N5O/c1-11(2,6-8(12)17)16-9-7(15-10(16)13)4-3-5-14-9/h3-5H,6H2,1-2H3,(H2,12,17)(H2,13,15). The molecule has 2 heterocycles. The van der Waals surface area contributed by atoms with Gasteiger partial charge in [0.05, 0.1) is 5.54 Å². The van der Waals surface area contributed by atoms with E-state index >= 15 is 0 Å². The Hall–Kier alpha value is -2.11. The number of pyridine rings is 1. The van der Waals surface area contributed by atoms with Gasteiger partial charge in [0.25, 0.3) is 0 Å². The van der Waals surface area contributed by atoms with E-state index in [9.17, 15) is 4.79 Å². The summed E-state index contributed by atoms with van der Waals surface area (Å²) in [6.45, 7) is 3.76. The minimum atomic E-state index is -0.543. The van der Waals surface area contributed by atoms with Crippen LogP contribution < -0.4 is 11.5 Å². The SMILES string of the molecule is CC(C)(CC(N)=O)n1c(N)nc2cccnc21. The number of carbonyl (C=O) groups excluding carboxylic acids is 1. The van der Waals surface area contributed by atoms with Crippen LogP contribution in [0.25, 0.3) is 11.2 Å². The third-order valence-corrected chi connectivity index (χ3v) is 2.65. The van der Waals surface area contributed by atoms with Gasteiger partial charge >= 0.3 is 0 Å². The van der Waals surface area contributed by atoms with E-state index in [0.29, 0.717) is 17.1 Å². The Morgan fingerprint density at radius 1 is 1.53 bits per heavy atom. The van der Waals surface area contributed by atoms with Crippen molar-refractivity contribution in [1.29, 1.82) is 0 Å². The molecule has 0 spiro atoms. The summed E-state index contributed by atoms with van der Waals surface area (Å²) in [5.74, 6) is -0.0443. The first kappa shape index (κ1) is 11.4. The molecule has 0 aliphatic rings. The summed E-state index contributed by atoms with van der Waals surface area (Å²) in [6.07, 6.45) is 1.85. The van der Waals surface area contributed by atoms with Crippen molar-refractivity contribution >= 4 is 23.0 Å². The first-order valence-electron chi connectivity index (χ1n) is 5.29. The molecule has 0 bridgehead atoms. The molecule has 0 aliphatic heterocycles. The number of aromatic nitrogens is 3. The fourth-order valence-electron chi connectivity index (χ4n) is 2.03. The number of nitrogen functional groups attached to an aromatic ring is 1. The third kappa shape index (κ3) is 1.93. The lowest BCUT2D eigenvalue weighted by molar-refractivity contribution is -0.119. The van der Waals surface area contributed by atoms with Crippen LogP contribution in [0.5, 0.6) is 0 Å². The highest BCUT2D eigenvalue weighted by Gasteiger charge is 2.27. The van der Waals surface area contributed by atoms with Gasteiger partial charge in [-0.05, 0) is 26.0 Å². The summed E-state index contributed by atoms with van der Waals surface area (Å²) in [5, 5.41) is 0. The van der Waals surface area contributed by atoms with Crippen LogP contribution >= 0.6 is 0 Å². The molecular weight excluding hydrogens is 218 g/mol. The van der Waals surface area contributed by atoms with Crippen LogP contribution in [0.15, 0.2) is 18.3 Å². The van der Waals surface area contributed by atoms with E-state index < -0.39 is 5.54 Å². The zero-order valence-electron chi connectivity index (χ0n) is 9.84. The van der Waals surface area contributed by atoms with Crippen molar-refractivity contribution in [2.75, 3.05) is 5.73 Å². The quantitative estimate of drug-likeness (QED) is 0.811. The van der Waals surface area contributed by atoms with Gasteiger partial charge in [0.1, 0.15) is 5.52 Å². The highest BCUT2D eigenvalue weighted by molar-refractivity contribution is 5.77. The summed E-state index contributed by atoms with van der Waals surface area (Å²) in [6, 6.07) is 3.62. The second-order valence-corrected chi connectivity index (χ2v) is 4.61. The second kappa shape index (κ2) is 3.73. The molecule has 90 valence electrons. The van der Waals surface area contributed by atoms with Crippen molar-refractivity contribution < 1.29 is 4.79 Å². The van der Waals surface area contributed by atoms with E-state index in [1.807, 2.05) is 19.9 Å².